The van der Waals surface area contributed by atoms with E-state index in [9.17, 15) is 34.5 Å². The highest BCUT2D eigenvalue weighted by molar-refractivity contribution is 5.74. The van der Waals surface area contributed by atoms with Crippen LogP contribution in [0.15, 0.2) is 85.1 Å². The molecular formula is C63H104O12. The van der Waals surface area contributed by atoms with E-state index in [1.54, 1.807) is 0 Å². The minimum absolute atomic E-state index is 0.0545. The lowest BCUT2D eigenvalue weighted by atomic mass is 9.98. The zero-order chi connectivity index (χ0) is 54.7. The lowest BCUT2D eigenvalue weighted by molar-refractivity contribution is -0.301. The third-order valence-electron chi connectivity index (χ3n) is 13.0. The number of hydrogen-bond acceptors (Lipinski definition) is 11. The molecule has 1 heterocycles. The third-order valence-corrected chi connectivity index (χ3v) is 13.0. The monoisotopic (exact) mass is 1050 g/mol. The second-order valence-corrected chi connectivity index (χ2v) is 19.9. The van der Waals surface area contributed by atoms with Crippen LogP contribution in [-0.2, 0) is 42.9 Å². The van der Waals surface area contributed by atoms with Crippen molar-refractivity contribution < 1.29 is 58.2 Å². The Labute approximate surface area is 454 Å². The topological polar surface area (TPSA) is 175 Å². The summed E-state index contributed by atoms with van der Waals surface area (Å²) in [6.07, 6.45) is 52.8. The Balaban J connectivity index is 2.70. The largest absolute Gasteiger partial charge is 0.479 e. The normalized spacial score (nSPS) is 18.8. The van der Waals surface area contributed by atoms with E-state index in [1.165, 1.54) is 51.4 Å². The van der Waals surface area contributed by atoms with Gasteiger partial charge in [0.25, 0.3) is 0 Å². The second-order valence-electron chi connectivity index (χ2n) is 19.9. The molecule has 12 nitrogen and oxygen atoms in total. The van der Waals surface area contributed by atoms with E-state index < -0.39 is 67.3 Å². The molecule has 428 valence electrons. The zero-order valence-electron chi connectivity index (χ0n) is 47.0. The molecule has 1 aliphatic rings. The van der Waals surface area contributed by atoms with Gasteiger partial charge in [-0.25, -0.2) is 4.79 Å². The standard InChI is InChI=1S/C63H104O12/c1-4-7-10-13-16-19-21-23-25-27-28-30-31-33-35-38-40-43-46-49-55(64)71-52-54(73-56(65)50-47-44-42-39-36-34-32-29-26-24-22-20-17-14-11-8-5-2)53-72-63-61(59(68)58(67)60(75-63)62(69)70)74-57(66)51-48-45-41-37-18-15-12-9-6-3/h7,10,16-17,19-20,23-26,28,30,33,35,54,58-61,63,67-68H,4-6,8-9,11-15,18,21-22,27,29,31-32,34,36-53H2,1-3H3,(H,69,70)/b10-7-,19-16-,20-17-,25-23-,26-24-,30-28-,35-33-. The molecule has 0 amide bonds. The Morgan fingerprint density at radius 3 is 1.32 bits per heavy atom. The molecule has 6 unspecified atom stereocenters. The van der Waals surface area contributed by atoms with Gasteiger partial charge in [-0.2, -0.15) is 0 Å². The number of rotatable bonds is 49. The lowest BCUT2D eigenvalue weighted by Crippen LogP contribution is -2.61. The quantitative estimate of drug-likeness (QED) is 0.0228. The molecule has 0 radical (unpaired) electrons. The molecule has 12 heteroatoms. The molecule has 0 aromatic rings. The number of unbranched alkanes of at least 4 members (excludes halogenated alkanes) is 21. The number of carbonyl (C=O) groups excluding carboxylic acids is 3. The van der Waals surface area contributed by atoms with Crippen LogP contribution in [0.3, 0.4) is 0 Å². The van der Waals surface area contributed by atoms with Gasteiger partial charge in [-0.3, -0.25) is 14.4 Å². The Bertz CT molecular complexity index is 1630. The van der Waals surface area contributed by atoms with Crippen LogP contribution in [-0.4, -0.2) is 89.2 Å². The van der Waals surface area contributed by atoms with E-state index >= 15 is 0 Å². The van der Waals surface area contributed by atoms with Crippen molar-refractivity contribution in [2.45, 2.75) is 276 Å². The Hall–Kier alpha value is -4.10. The zero-order valence-corrected chi connectivity index (χ0v) is 47.0. The van der Waals surface area contributed by atoms with Crippen LogP contribution >= 0.6 is 0 Å². The minimum atomic E-state index is -1.91. The average Bonchev–Trinajstić information content (AvgIpc) is 3.39. The Morgan fingerprint density at radius 2 is 0.840 bits per heavy atom. The molecule has 1 rings (SSSR count). The summed E-state index contributed by atoms with van der Waals surface area (Å²) in [4.78, 5) is 51.0. The van der Waals surface area contributed by atoms with Crippen molar-refractivity contribution in [2.24, 2.45) is 0 Å². The van der Waals surface area contributed by atoms with E-state index in [-0.39, 0.29) is 25.9 Å². The summed E-state index contributed by atoms with van der Waals surface area (Å²) in [7, 11) is 0. The summed E-state index contributed by atoms with van der Waals surface area (Å²) >= 11 is 0. The fourth-order valence-corrected chi connectivity index (χ4v) is 8.42. The van der Waals surface area contributed by atoms with Gasteiger partial charge in [-0.05, 0) is 96.3 Å². The number of esters is 3. The predicted molar refractivity (Wildman–Crippen MR) is 303 cm³/mol. The van der Waals surface area contributed by atoms with Gasteiger partial charge < -0.3 is 39.0 Å². The van der Waals surface area contributed by atoms with Gasteiger partial charge in [0.1, 0.15) is 18.8 Å². The number of aliphatic hydroxyl groups is 2. The molecule has 6 atom stereocenters. The first-order valence-electron chi connectivity index (χ1n) is 29.6. The molecule has 3 N–H and O–H groups in total. The summed E-state index contributed by atoms with van der Waals surface area (Å²) in [5.41, 5.74) is 0. The van der Waals surface area contributed by atoms with Gasteiger partial charge >= 0.3 is 23.9 Å². The predicted octanol–water partition coefficient (Wildman–Crippen LogP) is 15.1. The molecule has 0 aromatic carbocycles. The van der Waals surface area contributed by atoms with Crippen LogP contribution in [0.4, 0.5) is 0 Å². The third kappa shape index (κ3) is 40.8. The van der Waals surface area contributed by atoms with Gasteiger partial charge in [0.2, 0.25) is 0 Å². The van der Waals surface area contributed by atoms with E-state index in [0.29, 0.717) is 19.3 Å². The first-order valence-corrected chi connectivity index (χ1v) is 29.6. The van der Waals surface area contributed by atoms with Gasteiger partial charge in [0.15, 0.2) is 24.6 Å². The molecule has 0 aromatic heterocycles. The smallest absolute Gasteiger partial charge is 0.335 e. The summed E-state index contributed by atoms with van der Waals surface area (Å²) in [6.45, 7) is 5.78. The number of carboxylic acids is 1. The number of hydrogen-bond donors (Lipinski definition) is 3. The Morgan fingerprint density at radius 1 is 0.453 bits per heavy atom. The van der Waals surface area contributed by atoms with Crippen LogP contribution in [0, 0.1) is 0 Å². The number of allylic oxidation sites excluding steroid dienone is 14. The first kappa shape index (κ1) is 68.9. The van der Waals surface area contributed by atoms with Crippen LogP contribution in [0.1, 0.15) is 239 Å². The molecule has 75 heavy (non-hydrogen) atoms. The number of aliphatic carboxylic acids is 1. The highest BCUT2D eigenvalue weighted by Crippen LogP contribution is 2.26. The van der Waals surface area contributed by atoms with Crippen molar-refractivity contribution in [3.8, 4) is 0 Å². The first-order chi connectivity index (χ1) is 36.6. The summed E-state index contributed by atoms with van der Waals surface area (Å²) in [5, 5.41) is 31.4. The maximum atomic E-state index is 13.1. The van der Waals surface area contributed by atoms with Crippen molar-refractivity contribution in [1.29, 1.82) is 0 Å². The van der Waals surface area contributed by atoms with Crippen LogP contribution in [0.25, 0.3) is 0 Å². The Kier molecular flexibility index (Phi) is 46.6. The fourth-order valence-electron chi connectivity index (χ4n) is 8.42. The highest BCUT2D eigenvalue weighted by atomic mass is 16.7. The molecule has 0 aliphatic carbocycles. The van der Waals surface area contributed by atoms with E-state index in [0.717, 1.165) is 128 Å². The van der Waals surface area contributed by atoms with Gasteiger partial charge in [0.05, 0.1) is 6.61 Å². The van der Waals surface area contributed by atoms with Crippen LogP contribution in [0.2, 0.25) is 0 Å². The average molecular weight is 1050 g/mol. The van der Waals surface area contributed by atoms with Crippen LogP contribution < -0.4 is 0 Å². The van der Waals surface area contributed by atoms with Gasteiger partial charge in [-0.1, -0.05) is 209 Å². The van der Waals surface area contributed by atoms with E-state index in [1.807, 2.05) is 0 Å². The van der Waals surface area contributed by atoms with Crippen molar-refractivity contribution in [1.82, 2.24) is 0 Å². The second kappa shape index (κ2) is 50.7. The fraction of sp³-hybridized carbons (Fsp3) is 0.714. The van der Waals surface area contributed by atoms with Crippen LogP contribution in [0.5, 0.6) is 0 Å². The van der Waals surface area contributed by atoms with Crippen molar-refractivity contribution in [2.75, 3.05) is 13.2 Å². The molecule has 1 saturated heterocycles. The minimum Gasteiger partial charge on any atom is -0.479 e. The number of aliphatic hydroxyl groups excluding tert-OH is 2. The van der Waals surface area contributed by atoms with Crippen molar-refractivity contribution >= 4 is 23.9 Å². The van der Waals surface area contributed by atoms with Crippen molar-refractivity contribution in [3.63, 3.8) is 0 Å². The number of carboxylic acid groups (broad SMARTS) is 1. The molecule has 1 fully saturated rings. The summed E-state index contributed by atoms with van der Waals surface area (Å²) in [5.74, 6) is -3.17. The molecule has 0 spiro atoms. The maximum Gasteiger partial charge on any atom is 0.335 e. The molecule has 1 aliphatic heterocycles. The lowest BCUT2D eigenvalue weighted by Gasteiger charge is -2.40. The van der Waals surface area contributed by atoms with E-state index in [4.69, 9.17) is 23.7 Å². The van der Waals surface area contributed by atoms with Gasteiger partial charge in [0, 0.05) is 19.3 Å². The van der Waals surface area contributed by atoms with Crippen molar-refractivity contribution in [3.05, 3.63) is 85.1 Å². The number of ether oxygens (including phenoxy) is 5. The summed E-state index contributed by atoms with van der Waals surface area (Å²) in [6, 6.07) is 0. The van der Waals surface area contributed by atoms with Gasteiger partial charge in [-0.15, -0.1) is 0 Å². The molecular weight excluding hydrogens is 949 g/mol. The molecule has 0 bridgehead atoms. The number of carbonyl (C=O) groups is 4. The SMILES string of the molecule is CC/C=C\C/C=C\C/C=C\C/C=C\C/C=C\CCCCCC(=O)OCC(COC1OC(C(=O)O)C(O)C(O)C1OC(=O)CCCCCCCCCCC)OC(=O)CCCCCCCCC/C=C\C/C=C\CCCCC. The summed E-state index contributed by atoms with van der Waals surface area (Å²) < 4.78 is 28.3. The maximum absolute atomic E-state index is 13.1. The van der Waals surface area contributed by atoms with E-state index in [2.05, 4.69) is 106 Å². The molecule has 0 saturated carbocycles. The highest BCUT2D eigenvalue weighted by Gasteiger charge is 2.50.